The summed E-state index contributed by atoms with van der Waals surface area (Å²) >= 11 is 0. The molecule has 0 aliphatic rings. The van der Waals surface area contributed by atoms with Crippen LogP contribution in [0.4, 0.5) is 0 Å². The predicted octanol–water partition coefficient (Wildman–Crippen LogP) is 0.190. The van der Waals surface area contributed by atoms with E-state index in [0.29, 0.717) is 5.56 Å². The van der Waals surface area contributed by atoms with Crippen LogP contribution in [0.2, 0.25) is 0 Å². The second-order valence-corrected chi connectivity index (χ2v) is 6.28. The summed E-state index contributed by atoms with van der Waals surface area (Å²) in [5.74, 6) is -2.27. The maximum absolute atomic E-state index is 12.7. The smallest absolute Gasteiger partial charge is 0.326 e. The van der Waals surface area contributed by atoms with Crippen LogP contribution >= 0.6 is 0 Å². The van der Waals surface area contributed by atoms with Crippen LogP contribution < -0.4 is 16.4 Å². The molecular formula is C20H23N3O5. The second kappa shape index (κ2) is 10.1. The number of nitrogens with two attached hydrogens (primary N) is 1. The molecule has 2 atom stereocenters. The molecule has 0 spiro atoms. The zero-order valence-corrected chi connectivity index (χ0v) is 15.2. The summed E-state index contributed by atoms with van der Waals surface area (Å²) in [7, 11) is 0. The molecule has 148 valence electrons. The molecule has 0 radical (unpaired) electrons. The summed E-state index contributed by atoms with van der Waals surface area (Å²) in [6.07, 6.45) is 0.230. The molecule has 2 aromatic carbocycles. The van der Waals surface area contributed by atoms with Gasteiger partial charge in [0.1, 0.15) is 17.8 Å². The lowest BCUT2D eigenvalue weighted by molar-refractivity contribution is -0.142. The zero-order chi connectivity index (χ0) is 20.5. The average Bonchev–Trinajstić information content (AvgIpc) is 2.69. The Hall–Kier alpha value is -3.39. The Balaban J connectivity index is 2.12. The molecular weight excluding hydrogens is 362 g/mol. The van der Waals surface area contributed by atoms with E-state index in [2.05, 4.69) is 10.6 Å². The van der Waals surface area contributed by atoms with E-state index in [-0.39, 0.29) is 25.1 Å². The number of carboxylic acids is 1. The van der Waals surface area contributed by atoms with Gasteiger partial charge in [0.25, 0.3) is 0 Å². The number of carboxylic acid groups (broad SMARTS) is 1. The van der Waals surface area contributed by atoms with Crippen molar-refractivity contribution >= 4 is 17.8 Å². The molecule has 0 heterocycles. The van der Waals surface area contributed by atoms with Crippen molar-refractivity contribution in [1.29, 1.82) is 0 Å². The van der Waals surface area contributed by atoms with E-state index in [1.807, 2.05) is 6.07 Å². The van der Waals surface area contributed by atoms with Gasteiger partial charge in [0.2, 0.25) is 11.8 Å². The van der Waals surface area contributed by atoms with Crippen LogP contribution in [-0.2, 0) is 27.2 Å². The molecule has 0 aliphatic heterocycles. The first-order chi connectivity index (χ1) is 13.4. The molecule has 8 heteroatoms. The Morgan fingerprint density at radius 2 is 1.43 bits per heavy atom. The summed E-state index contributed by atoms with van der Waals surface area (Å²) in [6, 6.07) is 12.9. The van der Waals surface area contributed by atoms with Crippen LogP contribution in [0.3, 0.4) is 0 Å². The lowest BCUT2D eigenvalue weighted by Gasteiger charge is -2.21. The minimum Gasteiger partial charge on any atom is -0.508 e. The molecule has 0 aromatic heterocycles. The third kappa shape index (κ3) is 6.40. The van der Waals surface area contributed by atoms with Gasteiger partial charge in [-0.3, -0.25) is 9.59 Å². The van der Waals surface area contributed by atoms with E-state index in [0.717, 1.165) is 5.56 Å². The van der Waals surface area contributed by atoms with Crippen LogP contribution in [-0.4, -0.2) is 46.6 Å². The number of benzene rings is 2. The highest BCUT2D eigenvalue weighted by Crippen LogP contribution is 2.12. The molecule has 8 nitrogen and oxygen atoms in total. The number of hydrogen-bond donors (Lipinski definition) is 5. The molecule has 2 amide bonds. The minimum atomic E-state index is -1.20. The number of aliphatic carboxylic acids is 1. The van der Waals surface area contributed by atoms with Crippen molar-refractivity contribution in [1.82, 2.24) is 10.6 Å². The van der Waals surface area contributed by atoms with E-state index in [9.17, 15) is 24.6 Å². The van der Waals surface area contributed by atoms with Crippen molar-refractivity contribution in [2.24, 2.45) is 5.73 Å². The zero-order valence-electron chi connectivity index (χ0n) is 15.2. The standard InChI is InChI=1S/C20H23N3O5/c21-12-18(25)22-16(10-13-4-2-1-3-5-13)19(26)23-17(20(27)28)11-14-6-8-15(24)9-7-14/h1-9,16-17,24H,10-12,21H2,(H,22,25)(H,23,26)(H,27,28)/t16-,17-/m0/s1. The SMILES string of the molecule is NCC(=O)N[C@@H](Cc1ccccc1)C(=O)N[C@@H](Cc1ccc(O)cc1)C(=O)O. The van der Waals surface area contributed by atoms with Crippen molar-refractivity contribution in [2.45, 2.75) is 24.9 Å². The van der Waals surface area contributed by atoms with Crippen molar-refractivity contribution < 1.29 is 24.6 Å². The summed E-state index contributed by atoms with van der Waals surface area (Å²) in [5.41, 5.74) is 6.77. The first kappa shape index (κ1) is 20.9. The maximum Gasteiger partial charge on any atom is 0.326 e. The van der Waals surface area contributed by atoms with Gasteiger partial charge in [0.15, 0.2) is 0 Å². The van der Waals surface area contributed by atoms with E-state index in [1.165, 1.54) is 12.1 Å². The number of phenolic OH excluding ortho intramolecular Hbond substituents is 1. The number of phenols is 1. The van der Waals surface area contributed by atoms with Crippen LogP contribution in [0.5, 0.6) is 5.75 Å². The third-order valence-electron chi connectivity index (χ3n) is 4.11. The molecule has 0 fully saturated rings. The van der Waals surface area contributed by atoms with Crippen LogP contribution in [0.25, 0.3) is 0 Å². The van der Waals surface area contributed by atoms with Crippen molar-refractivity contribution in [2.75, 3.05) is 6.54 Å². The highest BCUT2D eigenvalue weighted by molar-refractivity contribution is 5.91. The number of hydrogen-bond acceptors (Lipinski definition) is 5. The number of aromatic hydroxyl groups is 1. The third-order valence-corrected chi connectivity index (χ3v) is 4.11. The van der Waals surface area contributed by atoms with Crippen molar-refractivity contribution in [3.8, 4) is 5.75 Å². The maximum atomic E-state index is 12.7. The number of rotatable bonds is 9. The lowest BCUT2D eigenvalue weighted by Crippen LogP contribution is -2.53. The fourth-order valence-electron chi connectivity index (χ4n) is 2.65. The Morgan fingerprint density at radius 1 is 0.857 bits per heavy atom. The van der Waals surface area contributed by atoms with Gasteiger partial charge in [-0.2, -0.15) is 0 Å². The average molecular weight is 385 g/mol. The van der Waals surface area contributed by atoms with Gasteiger partial charge in [0, 0.05) is 12.8 Å². The lowest BCUT2D eigenvalue weighted by atomic mass is 10.0. The van der Waals surface area contributed by atoms with E-state index in [1.54, 1.807) is 36.4 Å². The van der Waals surface area contributed by atoms with E-state index in [4.69, 9.17) is 5.73 Å². The fraction of sp³-hybridized carbons (Fsp3) is 0.250. The summed E-state index contributed by atoms with van der Waals surface area (Å²) in [6.45, 7) is -0.283. The van der Waals surface area contributed by atoms with Crippen LogP contribution in [0.15, 0.2) is 54.6 Å². The second-order valence-electron chi connectivity index (χ2n) is 6.28. The number of nitrogens with one attached hydrogen (secondary N) is 2. The van der Waals surface area contributed by atoms with Gasteiger partial charge >= 0.3 is 5.97 Å². The Kier molecular flexibility index (Phi) is 7.53. The number of carbonyl (C=O) groups is 3. The normalized spacial score (nSPS) is 12.6. The van der Waals surface area contributed by atoms with Crippen molar-refractivity contribution in [3.63, 3.8) is 0 Å². The van der Waals surface area contributed by atoms with Gasteiger partial charge < -0.3 is 26.6 Å². The number of amides is 2. The van der Waals surface area contributed by atoms with Crippen LogP contribution in [0.1, 0.15) is 11.1 Å². The highest BCUT2D eigenvalue weighted by atomic mass is 16.4. The first-order valence-electron chi connectivity index (χ1n) is 8.73. The topological polar surface area (TPSA) is 142 Å². The molecule has 0 aliphatic carbocycles. The van der Waals surface area contributed by atoms with Crippen molar-refractivity contribution in [3.05, 3.63) is 65.7 Å². The fourth-order valence-corrected chi connectivity index (χ4v) is 2.65. The van der Waals surface area contributed by atoms with Gasteiger partial charge in [0.05, 0.1) is 6.54 Å². The van der Waals surface area contributed by atoms with E-state index < -0.39 is 29.9 Å². The molecule has 2 rings (SSSR count). The largest absolute Gasteiger partial charge is 0.508 e. The summed E-state index contributed by atoms with van der Waals surface area (Å²) in [5, 5.41) is 23.8. The Morgan fingerprint density at radius 3 is 2.00 bits per heavy atom. The first-order valence-corrected chi connectivity index (χ1v) is 8.73. The monoisotopic (exact) mass is 385 g/mol. The van der Waals surface area contributed by atoms with Gasteiger partial charge in [-0.15, -0.1) is 0 Å². The number of carbonyl (C=O) groups excluding carboxylic acids is 2. The molecule has 0 saturated heterocycles. The molecule has 2 aromatic rings. The van der Waals surface area contributed by atoms with Gasteiger partial charge in [-0.05, 0) is 23.3 Å². The molecule has 6 N–H and O–H groups in total. The summed E-state index contributed by atoms with van der Waals surface area (Å²) < 4.78 is 0. The Labute approximate surface area is 162 Å². The summed E-state index contributed by atoms with van der Waals surface area (Å²) in [4.78, 5) is 36.0. The molecule has 0 bridgehead atoms. The minimum absolute atomic E-state index is 0.0320. The molecule has 0 saturated carbocycles. The molecule has 0 unspecified atom stereocenters. The van der Waals surface area contributed by atoms with E-state index >= 15 is 0 Å². The highest BCUT2D eigenvalue weighted by Gasteiger charge is 2.26. The molecule has 28 heavy (non-hydrogen) atoms. The Bertz CT molecular complexity index is 808. The quantitative estimate of drug-likeness (QED) is 0.417. The van der Waals surface area contributed by atoms with Gasteiger partial charge in [-0.25, -0.2) is 4.79 Å². The van der Waals surface area contributed by atoms with Crippen LogP contribution in [0, 0.1) is 0 Å². The predicted molar refractivity (Wildman–Crippen MR) is 103 cm³/mol. The van der Waals surface area contributed by atoms with Gasteiger partial charge in [-0.1, -0.05) is 42.5 Å².